The Labute approximate surface area is 113 Å². The molecule has 3 nitrogen and oxygen atoms in total. The summed E-state index contributed by atoms with van der Waals surface area (Å²) in [5, 5.41) is 0. The third kappa shape index (κ3) is 2.39. The molecule has 2 aliphatic rings. The lowest BCUT2D eigenvalue weighted by molar-refractivity contribution is 0.0689. The van der Waals surface area contributed by atoms with Gasteiger partial charge in [-0.05, 0) is 49.4 Å². The van der Waals surface area contributed by atoms with Crippen LogP contribution in [0.1, 0.15) is 42.1 Å². The summed E-state index contributed by atoms with van der Waals surface area (Å²) >= 11 is 0. The number of benzene rings is 1. The molecule has 1 aromatic carbocycles. The van der Waals surface area contributed by atoms with E-state index in [9.17, 15) is 4.79 Å². The molecule has 0 aromatic heterocycles. The van der Waals surface area contributed by atoms with Gasteiger partial charge in [-0.2, -0.15) is 0 Å². The number of Topliss-reactive ketones (excluding diaryl/α,β-unsaturated/α-hetero) is 1. The molecule has 0 N–H and O–H groups in total. The van der Waals surface area contributed by atoms with Crippen molar-refractivity contribution in [2.24, 2.45) is 5.92 Å². The fourth-order valence-electron chi connectivity index (χ4n) is 3.08. The highest BCUT2D eigenvalue weighted by Gasteiger charge is 2.33. The van der Waals surface area contributed by atoms with E-state index in [-0.39, 0.29) is 17.8 Å². The van der Waals surface area contributed by atoms with Gasteiger partial charge in [-0.15, -0.1) is 0 Å². The van der Waals surface area contributed by atoms with Crippen LogP contribution in [0.15, 0.2) is 18.2 Å². The first-order chi connectivity index (χ1) is 9.29. The molecule has 0 amide bonds. The number of carbonyl (C=O) groups is 1. The van der Waals surface area contributed by atoms with Crippen LogP contribution in [0.4, 0.5) is 0 Å². The lowest BCUT2D eigenvalue weighted by atomic mass is 9.89. The van der Waals surface area contributed by atoms with Gasteiger partial charge in [-0.1, -0.05) is 6.92 Å². The van der Waals surface area contributed by atoms with Gasteiger partial charge in [0.1, 0.15) is 5.75 Å². The average molecular weight is 260 g/mol. The Morgan fingerprint density at radius 3 is 3.11 bits per heavy atom. The maximum absolute atomic E-state index is 12.6. The molecule has 0 aliphatic carbocycles. The lowest BCUT2D eigenvalue weighted by Gasteiger charge is -2.19. The minimum Gasteiger partial charge on any atom is -0.493 e. The summed E-state index contributed by atoms with van der Waals surface area (Å²) < 4.78 is 11.2. The molecule has 2 unspecified atom stereocenters. The molecule has 102 valence electrons. The number of hydrogen-bond acceptors (Lipinski definition) is 3. The van der Waals surface area contributed by atoms with Crippen molar-refractivity contribution in [2.75, 3.05) is 13.2 Å². The van der Waals surface area contributed by atoms with Gasteiger partial charge in [0.25, 0.3) is 0 Å². The Kier molecular flexibility index (Phi) is 3.56. The highest BCUT2D eigenvalue weighted by molar-refractivity contribution is 5.98. The SMILES string of the molecule is CCC1OCCC1C(=O)c1ccc2c(c1)CCCO2. The molecule has 1 fully saturated rings. The number of ketones is 1. The smallest absolute Gasteiger partial charge is 0.168 e. The predicted octanol–water partition coefficient (Wildman–Crippen LogP) is 3.01. The zero-order chi connectivity index (χ0) is 13.2. The van der Waals surface area contributed by atoms with E-state index in [4.69, 9.17) is 9.47 Å². The maximum atomic E-state index is 12.6. The number of fused-ring (bicyclic) bond motifs is 1. The Hall–Kier alpha value is -1.35. The third-order valence-corrected chi connectivity index (χ3v) is 4.14. The molecule has 2 heterocycles. The van der Waals surface area contributed by atoms with Crippen molar-refractivity contribution in [1.29, 1.82) is 0 Å². The highest BCUT2D eigenvalue weighted by Crippen LogP contribution is 2.30. The normalized spacial score (nSPS) is 25.7. The molecule has 0 saturated carbocycles. The summed E-state index contributed by atoms with van der Waals surface area (Å²) in [7, 11) is 0. The molecule has 0 radical (unpaired) electrons. The summed E-state index contributed by atoms with van der Waals surface area (Å²) in [6, 6.07) is 5.86. The zero-order valence-electron chi connectivity index (χ0n) is 11.4. The monoisotopic (exact) mass is 260 g/mol. The zero-order valence-corrected chi connectivity index (χ0v) is 11.4. The van der Waals surface area contributed by atoms with Gasteiger partial charge in [-0.3, -0.25) is 4.79 Å². The van der Waals surface area contributed by atoms with Gasteiger partial charge in [0.2, 0.25) is 0 Å². The summed E-state index contributed by atoms with van der Waals surface area (Å²) in [5.74, 6) is 1.21. The van der Waals surface area contributed by atoms with Crippen LogP contribution in [0.25, 0.3) is 0 Å². The Morgan fingerprint density at radius 1 is 1.37 bits per heavy atom. The molecular weight excluding hydrogens is 240 g/mol. The van der Waals surface area contributed by atoms with Crippen LogP contribution in [-0.2, 0) is 11.2 Å². The molecule has 1 aromatic rings. The minimum absolute atomic E-state index is 0.0348. The van der Waals surface area contributed by atoms with Crippen LogP contribution in [0.2, 0.25) is 0 Å². The summed E-state index contributed by atoms with van der Waals surface area (Å²) in [6.07, 6.45) is 3.90. The first-order valence-electron chi connectivity index (χ1n) is 7.21. The fraction of sp³-hybridized carbons (Fsp3) is 0.562. The van der Waals surface area contributed by atoms with Gasteiger partial charge in [0.05, 0.1) is 18.6 Å². The van der Waals surface area contributed by atoms with Crippen molar-refractivity contribution >= 4 is 5.78 Å². The Balaban J connectivity index is 1.83. The third-order valence-electron chi connectivity index (χ3n) is 4.14. The van der Waals surface area contributed by atoms with Crippen molar-refractivity contribution in [3.63, 3.8) is 0 Å². The maximum Gasteiger partial charge on any atom is 0.168 e. The number of ether oxygens (including phenoxy) is 2. The van der Waals surface area contributed by atoms with E-state index in [0.717, 1.165) is 43.6 Å². The quantitative estimate of drug-likeness (QED) is 0.784. The van der Waals surface area contributed by atoms with E-state index in [1.54, 1.807) is 0 Å². The number of rotatable bonds is 3. The second kappa shape index (κ2) is 5.33. The number of hydrogen-bond donors (Lipinski definition) is 0. The van der Waals surface area contributed by atoms with E-state index >= 15 is 0 Å². The predicted molar refractivity (Wildman–Crippen MR) is 72.7 cm³/mol. The standard InChI is InChI=1S/C16H20O3/c1-2-14-13(7-9-19-14)16(17)12-5-6-15-11(10-12)4-3-8-18-15/h5-6,10,13-14H,2-4,7-9H2,1H3. The van der Waals surface area contributed by atoms with E-state index in [1.807, 2.05) is 18.2 Å². The topological polar surface area (TPSA) is 35.5 Å². The molecule has 1 saturated heterocycles. The minimum atomic E-state index is 0.0348. The van der Waals surface area contributed by atoms with Crippen LogP contribution in [0.5, 0.6) is 5.75 Å². The van der Waals surface area contributed by atoms with Crippen molar-refractivity contribution in [3.05, 3.63) is 29.3 Å². The largest absolute Gasteiger partial charge is 0.493 e. The van der Waals surface area contributed by atoms with Gasteiger partial charge in [0, 0.05) is 12.2 Å². The van der Waals surface area contributed by atoms with Crippen LogP contribution >= 0.6 is 0 Å². The molecule has 3 rings (SSSR count). The van der Waals surface area contributed by atoms with Crippen LogP contribution in [-0.4, -0.2) is 25.1 Å². The van der Waals surface area contributed by atoms with Crippen molar-refractivity contribution < 1.29 is 14.3 Å². The second-order valence-corrected chi connectivity index (χ2v) is 5.35. The Bertz CT molecular complexity index is 481. The van der Waals surface area contributed by atoms with Gasteiger partial charge < -0.3 is 9.47 Å². The molecule has 19 heavy (non-hydrogen) atoms. The van der Waals surface area contributed by atoms with Gasteiger partial charge >= 0.3 is 0 Å². The van der Waals surface area contributed by atoms with Gasteiger partial charge in [-0.25, -0.2) is 0 Å². The molecule has 0 spiro atoms. The molecule has 2 aliphatic heterocycles. The van der Waals surface area contributed by atoms with E-state index in [1.165, 1.54) is 5.56 Å². The van der Waals surface area contributed by atoms with Crippen LogP contribution in [0, 0.1) is 5.92 Å². The van der Waals surface area contributed by atoms with Gasteiger partial charge in [0.15, 0.2) is 5.78 Å². The van der Waals surface area contributed by atoms with Crippen LogP contribution in [0.3, 0.4) is 0 Å². The first-order valence-corrected chi connectivity index (χ1v) is 7.21. The van der Waals surface area contributed by atoms with E-state index in [0.29, 0.717) is 6.61 Å². The van der Waals surface area contributed by atoms with Crippen LogP contribution < -0.4 is 4.74 Å². The molecular formula is C16H20O3. The Morgan fingerprint density at radius 2 is 2.26 bits per heavy atom. The van der Waals surface area contributed by atoms with Crippen molar-refractivity contribution in [2.45, 2.75) is 38.7 Å². The molecule has 3 heteroatoms. The number of carbonyl (C=O) groups excluding carboxylic acids is 1. The summed E-state index contributed by atoms with van der Waals surface area (Å²) in [6.45, 7) is 3.58. The van der Waals surface area contributed by atoms with E-state index < -0.39 is 0 Å². The fourth-order valence-corrected chi connectivity index (χ4v) is 3.08. The first kappa shape index (κ1) is 12.7. The average Bonchev–Trinajstić information content (AvgIpc) is 2.94. The van der Waals surface area contributed by atoms with Crippen molar-refractivity contribution in [1.82, 2.24) is 0 Å². The summed E-state index contributed by atoms with van der Waals surface area (Å²) in [5.41, 5.74) is 1.99. The molecule has 2 atom stereocenters. The highest BCUT2D eigenvalue weighted by atomic mass is 16.5. The number of aryl methyl sites for hydroxylation is 1. The second-order valence-electron chi connectivity index (χ2n) is 5.35. The lowest BCUT2D eigenvalue weighted by Crippen LogP contribution is -2.24. The summed E-state index contributed by atoms with van der Waals surface area (Å²) in [4.78, 5) is 12.6. The van der Waals surface area contributed by atoms with Crippen molar-refractivity contribution in [3.8, 4) is 5.75 Å². The van der Waals surface area contributed by atoms with E-state index in [2.05, 4.69) is 6.92 Å². The molecule has 0 bridgehead atoms.